The summed E-state index contributed by atoms with van der Waals surface area (Å²) in [5.41, 5.74) is 2.04. The fraction of sp³-hybridized carbons (Fsp3) is 0.462. The highest BCUT2D eigenvalue weighted by atomic mass is 16.2. The molecule has 1 aromatic rings. The summed E-state index contributed by atoms with van der Waals surface area (Å²) in [6, 6.07) is 8.18. The first kappa shape index (κ1) is 9.85. The minimum atomic E-state index is -0.264. The lowest BCUT2D eigenvalue weighted by atomic mass is 9.81. The molecule has 0 aliphatic carbocycles. The third kappa shape index (κ3) is 1.04. The number of fused-ring (bicyclic) bond motifs is 2. The number of hydrogen-bond acceptors (Lipinski definition) is 2. The Labute approximate surface area is 95.7 Å². The lowest BCUT2D eigenvalue weighted by Crippen LogP contribution is -2.40. The van der Waals surface area contributed by atoms with Crippen molar-refractivity contribution in [1.29, 1.82) is 0 Å². The van der Waals surface area contributed by atoms with Gasteiger partial charge < -0.3 is 9.80 Å². The van der Waals surface area contributed by atoms with Gasteiger partial charge >= 0.3 is 0 Å². The molecule has 1 atom stereocenters. The van der Waals surface area contributed by atoms with Crippen LogP contribution in [0.5, 0.6) is 0 Å². The summed E-state index contributed by atoms with van der Waals surface area (Å²) in [7, 11) is 3.97. The van der Waals surface area contributed by atoms with Crippen LogP contribution in [0.25, 0.3) is 0 Å². The molecule has 0 radical (unpaired) electrons. The van der Waals surface area contributed by atoms with Gasteiger partial charge in [-0.2, -0.15) is 0 Å². The van der Waals surface area contributed by atoms with Crippen LogP contribution in [0.1, 0.15) is 12.0 Å². The summed E-state index contributed by atoms with van der Waals surface area (Å²) < 4.78 is 0. The molecular weight excluding hydrogens is 200 g/mol. The molecule has 1 amide bonds. The molecule has 0 unspecified atom stereocenters. The fourth-order valence-corrected chi connectivity index (χ4v) is 3.11. The molecule has 16 heavy (non-hydrogen) atoms. The number of carbonyl (C=O) groups is 1. The first-order valence-electron chi connectivity index (χ1n) is 5.71. The molecule has 3 heteroatoms. The van der Waals surface area contributed by atoms with Crippen molar-refractivity contribution in [2.45, 2.75) is 11.8 Å². The van der Waals surface area contributed by atoms with Gasteiger partial charge in [0.1, 0.15) is 0 Å². The maximum atomic E-state index is 12.4. The predicted molar refractivity (Wildman–Crippen MR) is 63.6 cm³/mol. The topological polar surface area (TPSA) is 23.6 Å². The third-order valence-electron chi connectivity index (χ3n) is 3.96. The van der Waals surface area contributed by atoms with Crippen molar-refractivity contribution in [1.82, 2.24) is 4.90 Å². The highest BCUT2D eigenvalue weighted by molar-refractivity contribution is 6.08. The van der Waals surface area contributed by atoms with Gasteiger partial charge in [-0.05, 0) is 31.6 Å². The molecule has 84 valence electrons. The molecule has 0 saturated carbocycles. The Bertz CT molecular complexity index is 457. The Kier molecular flexibility index (Phi) is 1.89. The van der Waals surface area contributed by atoms with E-state index >= 15 is 0 Å². The first-order chi connectivity index (χ1) is 7.65. The lowest BCUT2D eigenvalue weighted by Gasteiger charge is -2.22. The van der Waals surface area contributed by atoms with Crippen LogP contribution in [0.4, 0.5) is 5.69 Å². The average molecular weight is 216 g/mol. The van der Waals surface area contributed by atoms with Gasteiger partial charge in [0, 0.05) is 19.3 Å². The maximum absolute atomic E-state index is 12.4. The molecular formula is C13H16N2O. The van der Waals surface area contributed by atoms with Gasteiger partial charge in [-0.3, -0.25) is 4.79 Å². The normalized spacial score (nSPS) is 29.1. The van der Waals surface area contributed by atoms with Crippen LogP contribution in [0, 0.1) is 0 Å². The molecule has 1 spiro atoms. The Morgan fingerprint density at radius 1 is 1.25 bits per heavy atom. The highest BCUT2D eigenvalue weighted by Crippen LogP contribution is 2.46. The fourth-order valence-electron chi connectivity index (χ4n) is 3.11. The van der Waals surface area contributed by atoms with E-state index in [1.807, 2.05) is 30.1 Å². The first-order valence-corrected chi connectivity index (χ1v) is 5.71. The van der Waals surface area contributed by atoms with Crippen LogP contribution in [0.15, 0.2) is 24.3 Å². The minimum Gasteiger partial charge on any atom is -0.314 e. The van der Waals surface area contributed by atoms with Gasteiger partial charge in [0.2, 0.25) is 5.91 Å². The van der Waals surface area contributed by atoms with Crippen LogP contribution < -0.4 is 4.90 Å². The monoisotopic (exact) mass is 216 g/mol. The minimum absolute atomic E-state index is 0.262. The number of amides is 1. The van der Waals surface area contributed by atoms with E-state index in [0.29, 0.717) is 0 Å². The maximum Gasteiger partial charge on any atom is 0.238 e. The van der Waals surface area contributed by atoms with E-state index in [0.717, 1.165) is 25.2 Å². The summed E-state index contributed by atoms with van der Waals surface area (Å²) >= 11 is 0. The largest absolute Gasteiger partial charge is 0.314 e. The van der Waals surface area contributed by atoms with E-state index in [2.05, 4.69) is 18.0 Å². The van der Waals surface area contributed by atoms with Gasteiger partial charge in [-0.1, -0.05) is 18.2 Å². The van der Waals surface area contributed by atoms with Crippen molar-refractivity contribution in [2.75, 3.05) is 32.1 Å². The second-order valence-corrected chi connectivity index (χ2v) is 4.95. The summed E-state index contributed by atoms with van der Waals surface area (Å²) in [6.45, 7) is 1.86. The molecule has 0 N–H and O–H groups in total. The van der Waals surface area contributed by atoms with E-state index in [-0.39, 0.29) is 11.3 Å². The highest BCUT2D eigenvalue weighted by Gasteiger charge is 2.52. The van der Waals surface area contributed by atoms with Crippen LogP contribution in [0.2, 0.25) is 0 Å². The summed E-state index contributed by atoms with van der Waals surface area (Å²) in [6.07, 6.45) is 0.948. The van der Waals surface area contributed by atoms with E-state index in [9.17, 15) is 4.79 Å². The van der Waals surface area contributed by atoms with E-state index < -0.39 is 0 Å². The average Bonchev–Trinajstić information content (AvgIpc) is 2.78. The van der Waals surface area contributed by atoms with Crippen LogP contribution in [0.3, 0.4) is 0 Å². The molecule has 2 heterocycles. The van der Waals surface area contributed by atoms with Gasteiger partial charge in [0.25, 0.3) is 0 Å². The van der Waals surface area contributed by atoms with Crippen LogP contribution >= 0.6 is 0 Å². The van der Waals surface area contributed by atoms with Crippen molar-refractivity contribution in [3.63, 3.8) is 0 Å². The number of benzene rings is 1. The van der Waals surface area contributed by atoms with Crippen molar-refractivity contribution in [2.24, 2.45) is 0 Å². The smallest absolute Gasteiger partial charge is 0.238 e. The molecule has 2 aliphatic rings. The zero-order valence-corrected chi connectivity index (χ0v) is 9.73. The molecule has 3 nitrogen and oxygen atoms in total. The summed E-state index contributed by atoms with van der Waals surface area (Å²) in [5, 5.41) is 0. The lowest BCUT2D eigenvalue weighted by molar-refractivity contribution is -0.122. The van der Waals surface area contributed by atoms with E-state index in [1.54, 1.807) is 0 Å². The van der Waals surface area contributed by atoms with E-state index in [1.165, 1.54) is 5.56 Å². The van der Waals surface area contributed by atoms with Crippen LogP contribution in [-0.4, -0.2) is 38.0 Å². The predicted octanol–water partition coefficient (Wildman–Crippen LogP) is 1.24. The standard InChI is InChI=1S/C13H16N2O/c1-14-8-7-13(9-14)10-5-3-4-6-11(10)15(2)12(13)16/h3-6H,7-9H2,1-2H3/t13-/m0/s1. The molecule has 1 saturated heterocycles. The molecule has 0 aromatic heterocycles. The number of para-hydroxylation sites is 1. The Morgan fingerprint density at radius 2 is 2.00 bits per heavy atom. The van der Waals surface area contributed by atoms with Crippen molar-refractivity contribution in [3.05, 3.63) is 29.8 Å². The zero-order chi connectivity index (χ0) is 11.3. The number of anilines is 1. The molecule has 1 fully saturated rings. The van der Waals surface area contributed by atoms with Crippen molar-refractivity contribution >= 4 is 11.6 Å². The van der Waals surface area contributed by atoms with Crippen LogP contribution in [-0.2, 0) is 10.2 Å². The van der Waals surface area contributed by atoms with Gasteiger partial charge in [-0.25, -0.2) is 0 Å². The Morgan fingerprint density at radius 3 is 2.69 bits per heavy atom. The second kappa shape index (κ2) is 3.08. The SMILES string of the molecule is CN1CC[C@@]2(C1)C(=O)N(C)c1ccccc12. The number of likely N-dealkylation sites (tertiary alicyclic amines) is 1. The quantitative estimate of drug-likeness (QED) is 0.651. The second-order valence-electron chi connectivity index (χ2n) is 4.95. The van der Waals surface area contributed by atoms with Gasteiger partial charge in [0.05, 0.1) is 5.41 Å². The number of rotatable bonds is 0. The number of likely N-dealkylation sites (N-methyl/N-ethyl adjacent to an activating group) is 2. The van der Waals surface area contributed by atoms with Gasteiger partial charge in [-0.15, -0.1) is 0 Å². The number of hydrogen-bond donors (Lipinski definition) is 0. The van der Waals surface area contributed by atoms with E-state index in [4.69, 9.17) is 0 Å². The number of nitrogens with zero attached hydrogens (tertiary/aromatic N) is 2. The third-order valence-corrected chi connectivity index (χ3v) is 3.96. The summed E-state index contributed by atoms with van der Waals surface area (Å²) in [4.78, 5) is 16.5. The molecule has 1 aromatic carbocycles. The molecule has 3 rings (SSSR count). The summed E-state index contributed by atoms with van der Waals surface area (Å²) in [5.74, 6) is 0.262. The van der Waals surface area contributed by atoms with Crippen molar-refractivity contribution in [3.8, 4) is 0 Å². The van der Waals surface area contributed by atoms with Crippen molar-refractivity contribution < 1.29 is 4.79 Å². The molecule has 2 aliphatic heterocycles. The Balaban J connectivity index is 2.17. The van der Waals surface area contributed by atoms with Gasteiger partial charge in [0.15, 0.2) is 0 Å². The zero-order valence-electron chi connectivity index (χ0n) is 9.73. The molecule has 0 bridgehead atoms. The number of carbonyl (C=O) groups excluding carboxylic acids is 1. The Hall–Kier alpha value is -1.35.